The number of nitrogens with zero attached hydrogens (tertiary/aromatic N) is 1. The molecule has 0 saturated heterocycles. The van der Waals surface area contributed by atoms with Gasteiger partial charge in [0.1, 0.15) is 5.82 Å². The van der Waals surface area contributed by atoms with E-state index in [1.54, 1.807) is 24.0 Å². The van der Waals surface area contributed by atoms with Crippen LogP contribution in [0.1, 0.15) is 19.4 Å². The van der Waals surface area contributed by atoms with Crippen molar-refractivity contribution in [1.29, 1.82) is 0 Å². The highest BCUT2D eigenvalue weighted by Crippen LogP contribution is 2.02. The van der Waals surface area contributed by atoms with E-state index in [0.29, 0.717) is 13.1 Å². The Hall–Kier alpha value is -2.48. The molecule has 0 aliphatic heterocycles. The number of imide groups is 1. The van der Waals surface area contributed by atoms with Gasteiger partial charge in [-0.1, -0.05) is 19.1 Å². The maximum absolute atomic E-state index is 12.8. The number of likely N-dealkylation sites (N-methyl/N-ethyl adjacent to an activating group) is 1. The summed E-state index contributed by atoms with van der Waals surface area (Å²) in [5.41, 5.74) is 0.779. The van der Waals surface area contributed by atoms with Crippen LogP contribution in [0.5, 0.6) is 0 Å². The van der Waals surface area contributed by atoms with E-state index in [1.165, 1.54) is 12.1 Å². The second kappa shape index (κ2) is 10.3. The number of carbonyl (C=O) groups excluding carboxylic acids is 3. The Balaban J connectivity index is 2.37. The van der Waals surface area contributed by atoms with Crippen molar-refractivity contribution in [1.82, 2.24) is 20.9 Å². The molecule has 1 aromatic carbocycles. The predicted molar refractivity (Wildman–Crippen MR) is 87.6 cm³/mol. The van der Waals surface area contributed by atoms with Crippen molar-refractivity contribution in [2.75, 3.05) is 26.2 Å². The summed E-state index contributed by atoms with van der Waals surface area (Å²) in [5.74, 6) is -1.07. The van der Waals surface area contributed by atoms with E-state index in [0.717, 1.165) is 5.56 Å². The Morgan fingerprint density at radius 3 is 2.21 bits per heavy atom. The second-order valence-corrected chi connectivity index (χ2v) is 5.11. The Morgan fingerprint density at radius 1 is 1.00 bits per heavy atom. The molecule has 0 aromatic heterocycles. The Bertz CT molecular complexity index is 563. The maximum Gasteiger partial charge on any atom is 0.321 e. The van der Waals surface area contributed by atoms with Gasteiger partial charge >= 0.3 is 6.03 Å². The molecule has 132 valence electrons. The molecule has 3 N–H and O–H groups in total. The molecule has 0 fully saturated rings. The summed E-state index contributed by atoms with van der Waals surface area (Å²) in [6, 6.07) is 5.27. The number of benzene rings is 1. The summed E-state index contributed by atoms with van der Waals surface area (Å²) in [5, 5.41) is 7.34. The number of urea groups is 1. The molecular formula is C16H23FN4O3. The third-order valence-corrected chi connectivity index (χ3v) is 3.17. The van der Waals surface area contributed by atoms with E-state index in [4.69, 9.17) is 0 Å². The molecule has 8 heteroatoms. The van der Waals surface area contributed by atoms with Crippen molar-refractivity contribution < 1.29 is 18.8 Å². The normalized spacial score (nSPS) is 10.3. The van der Waals surface area contributed by atoms with Gasteiger partial charge in [0.05, 0.1) is 13.1 Å². The van der Waals surface area contributed by atoms with Gasteiger partial charge < -0.3 is 10.6 Å². The van der Waals surface area contributed by atoms with E-state index in [1.807, 2.05) is 6.92 Å². The summed E-state index contributed by atoms with van der Waals surface area (Å²) < 4.78 is 12.8. The molecule has 0 spiro atoms. The van der Waals surface area contributed by atoms with Gasteiger partial charge in [-0.25, -0.2) is 9.18 Å². The topological polar surface area (TPSA) is 90.5 Å². The summed E-state index contributed by atoms with van der Waals surface area (Å²) in [4.78, 5) is 36.5. The molecule has 0 saturated carbocycles. The first-order chi connectivity index (χ1) is 11.4. The zero-order chi connectivity index (χ0) is 17.9. The van der Waals surface area contributed by atoms with Gasteiger partial charge in [0.25, 0.3) is 0 Å². The average Bonchev–Trinajstić information content (AvgIpc) is 2.53. The summed E-state index contributed by atoms with van der Waals surface area (Å²) in [6.45, 7) is 4.70. The number of carbonyl (C=O) groups is 3. The SMILES string of the molecule is CCNC(=O)NC(=O)CN(CC)CC(=O)NCc1ccc(F)cc1. The molecule has 0 aliphatic carbocycles. The lowest BCUT2D eigenvalue weighted by Crippen LogP contribution is -2.46. The van der Waals surface area contributed by atoms with Crippen molar-refractivity contribution >= 4 is 17.8 Å². The van der Waals surface area contributed by atoms with Crippen LogP contribution in [0, 0.1) is 5.82 Å². The lowest BCUT2D eigenvalue weighted by atomic mass is 10.2. The van der Waals surface area contributed by atoms with E-state index in [-0.39, 0.29) is 31.4 Å². The highest BCUT2D eigenvalue weighted by atomic mass is 19.1. The minimum Gasteiger partial charge on any atom is -0.351 e. The fraction of sp³-hybridized carbons (Fsp3) is 0.438. The third kappa shape index (κ3) is 7.68. The molecule has 24 heavy (non-hydrogen) atoms. The number of rotatable bonds is 8. The zero-order valence-electron chi connectivity index (χ0n) is 13.9. The lowest BCUT2D eigenvalue weighted by Gasteiger charge is -2.19. The highest BCUT2D eigenvalue weighted by molar-refractivity contribution is 5.95. The van der Waals surface area contributed by atoms with Crippen molar-refractivity contribution in [2.45, 2.75) is 20.4 Å². The van der Waals surface area contributed by atoms with Crippen molar-refractivity contribution in [2.24, 2.45) is 0 Å². The fourth-order valence-electron chi connectivity index (χ4n) is 1.92. The van der Waals surface area contributed by atoms with Gasteiger partial charge in [0, 0.05) is 13.1 Å². The number of hydrogen-bond acceptors (Lipinski definition) is 4. The van der Waals surface area contributed by atoms with E-state index >= 15 is 0 Å². The minimum atomic E-state index is -0.556. The predicted octanol–water partition coefficient (Wildman–Crippen LogP) is 0.610. The molecule has 0 aliphatic rings. The van der Waals surface area contributed by atoms with E-state index < -0.39 is 11.9 Å². The monoisotopic (exact) mass is 338 g/mol. The van der Waals surface area contributed by atoms with Crippen molar-refractivity contribution in [3.63, 3.8) is 0 Å². The molecule has 4 amide bonds. The smallest absolute Gasteiger partial charge is 0.321 e. The quantitative estimate of drug-likeness (QED) is 0.648. The van der Waals surface area contributed by atoms with Crippen LogP contribution in [0.2, 0.25) is 0 Å². The van der Waals surface area contributed by atoms with Crippen LogP contribution in [0.3, 0.4) is 0 Å². The van der Waals surface area contributed by atoms with Crippen molar-refractivity contribution in [3.8, 4) is 0 Å². The number of halogens is 1. The molecule has 0 bridgehead atoms. The molecule has 1 rings (SSSR count). The van der Waals surface area contributed by atoms with Crippen LogP contribution in [0.15, 0.2) is 24.3 Å². The van der Waals surface area contributed by atoms with Crippen LogP contribution in [-0.2, 0) is 16.1 Å². The zero-order valence-corrected chi connectivity index (χ0v) is 13.9. The first-order valence-electron chi connectivity index (χ1n) is 7.75. The average molecular weight is 338 g/mol. The van der Waals surface area contributed by atoms with E-state index in [2.05, 4.69) is 16.0 Å². The largest absolute Gasteiger partial charge is 0.351 e. The van der Waals surface area contributed by atoms with Crippen LogP contribution < -0.4 is 16.0 Å². The Labute approximate surface area is 140 Å². The number of nitrogens with one attached hydrogen (secondary N) is 3. The molecular weight excluding hydrogens is 315 g/mol. The highest BCUT2D eigenvalue weighted by Gasteiger charge is 2.14. The lowest BCUT2D eigenvalue weighted by molar-refractivity contribution is -0.124. The maximum atomic E-state index is 12.8. The molecule has 0 radical (unpaired) electrons. The molecule has 1 aromatic rings. The minimum absolute atomic E-state index is 0.0283. The molecule has 0 unspecified atom stereocenters. The first-order valence-corrected chi connectivity index (χ1v) is 7.75. The Morgan fingerprint density at radius 2 is 1.62 bits per heavy atom. The van der Waals surface area contributed by atoms with Gasteiger partial charge in [-0.3, -0.25) is 19.8 Å². The number of amides is 4. The standard InChI is InChI=1S/C16H23FN4O3/c1-3-18-16(24)20-15(23)11-21(4-2)10-14(22)19-9-12-5-7-13(17)8-6-12/h5-8H,3-4,9-11H2,1-2H3,(H,19,22)(H2,18,20,23,24). The van der Waals surface area contributed by atoms with Gasteiger partial charge in [0.15, 0.2) is 0 Å². The van der Waals surface area contributed by atoms with E-state index in [9.17, 15) is 18.8 Å². The van der Waals surface area contributed by atoms with Crippen molar-refractivity contribution in [3.05, 3.63) is 35.6 Å². The van der Waals surface area contributed by atoms with Gasteiger partial charge in [-0.2, -0.15) is 0 Å². The van der Waals surface area contributed by atoms with Crippen LogP contribution in [0.25, 0.3) is 0 Å². The van der Waals surface area contributed by atoms with Crippen LogP contribution in [-0.4, -0.2) is 48.9 Å². The third-order valence-electron chi connectivity index (χ3n) is 3.17. The first kappa shape index (κ1) is 19.6. The second-order valence-electron chi connectivity index (χ2n) is 5.11. The Kier molecular flexibility index (Phi) is 8.42. The molecule has 0 heterocycles. The molecule has 7 nitrogen and oxygen atoms in total. The van der Waals surface area contributed by atoms with Gasteiger partial charge in [-0.05, 0) is 31.2 Å². The van der Waals surface area contributed by atoms with Gasteiger partial charge in [-0.15, -0.1) is 0 Å². The summed E-state index contributed by atoms with van der Waals surface area (Å²) >= 11 is 0. The van der Waals surface area contributed by atoms with Gasteiger partial charge in [0.2, 0.25) is 11.8 Å². The fourth-order valence-corrected chi connectivity index (χ4v) is 1.92. The summed E-state index contributed by atoms with van der Waals surface area (Å²) in [6.07, 6.45) is 0. The van der Waals surface area contributed by atoms with Crippen LogP contribution >= 0.6 is 0 Å². The summed E-state index contributed by atoms with van der Waals surface area (Å²) in [7, 11) is 0. The molecule has 0 atom stereocenters. The van der Waals surface area contributed by atoms with Crippen LogP contribution in [0.4, 0.5) is 9.18 Å². The number of hydrogen-bond donors (Lipinski definition) is 3.